The van der Waals surface area contributed by atoms with Crippen LogP contribution in [0.4, 0.5) is 26.3 Å². The highest BCUT2D eigenvalue weighted by Crippen LogP contribution is 2.34. The van der Waals surface area contributed by atoms with Gasteiger partial charge >= 0.3 is 6.18 Å². The minimum Gasteiger partial charge on any atom is -0.206 e. The molecule has 0 aromatic heterocycles. The van der Waals surface area contributed by atoms with Crippen molar-refractivity contribution in [1.29, 1.82) is 0 Å². The number of rotatable bonds is 3. The summed E-state index contributed by atoms with van der Waals surface area (Å²) in [5.74, 6) is 6.67. The van der Waals surface area contributed by atoms with E-state index >= 15 is 4.39 Å². The maximum absolute atomic E-state index is 15.0. The van der Waals surface area contributed by atoms with Crippen LogP contribution in [0.1, 0.15) is 39.8 Å². The summed E-state index contributed by atoms with van der Waals surface area (Å²) in [4.78, 5) is 0. The molecule has 0 saturated heterocycles. The molecule has 0 aliphatic rings. The Kier molecular flexibility index (Phi) is 7.41. The number of alkyl halides is 3. The lowest BCUT2D eigenvalue weighted by Crippen LogP contribution is -2.11. The van der Waals surface area contributed by atoms with Gasteiger partial charge in [-0.25, -0.2) is 13.2 Å². The molecule has 0 spiro atoms. The predicted molar refractivity (Wildman–Crippen MR) is 132 cm³/mol. The molecule has 0 aliphatic carbocycles. The standard InChI is InChI=1S/C31H18F6/c1-2-3-4-20-5-7-21(8-6-20)9-10-22-12-16-26-25(17-22)15-14-24(30(26)34)13-11-23-18-27(32)29(28(33)19-23)31(35,36)37/h2,5-8,12,14-19H,1,3-4H2. The van der Waals surface area contributed by atoms with Gasteiger partial charge in [0.05, 0.1) is 5.56 Å². The van der Waals surface area contributed by atoms with Crippen molar-refractivity contribution in [2.45, 2.75) is 19.0 Å². The maximum atomic E-state index is 15.0. The average Bonchev–Trinajstić information content (AvgIpc) is 2.85. The lowest BCUT2D eigenvalue weighted by Gasteiger charge is -2.09. The molecule has 0 saturated carbocycles. The lowest BCUT2D eigenvalue weighted by atomic mass is 10.0. The molecule has 0 unspecified atom stereocenters. The van der Waals surface area contributed by atoms with E-state index in [0.717, 1.165) is 18.4 Å². The molecule has 4 aromatic carbocycles. The Morgan fingerprint density at radius 3 is 1.97 bits per heavy atom. The van der Waals surface area contributed by atoms with Crippen LogP contribution in [0.25, 0.3) is 10.8 Å². The first kappa shape index (κ1) is 25.7. The van der Waals surface area contributed by atoms with Gasteiger partial charge in [0.15, 0.2) is 0 Å². The Labute approximate surface area is 210 Å². The predicted octanol–water partition coefficient (Wildman–Crippen LogP) is 8.19. The highest BCUT2D eigenvalue weighted by molar-refractivity contribution is 5.86. The van der Waals surface area contributed by atoms with Crippen molar-refractivity contribution in [2.24, 2.45) is 0 Å². The van der Waals surface area contributed by atoms with Crippen molar-refractivity contribution in [1.82, 2.24) is 0 Å². The summed E-state index contributed by atoms with van der Waals surface area (Å²) >= 11 is 0. The zero-order chi connectivity index (χ0) is 26.6. The van der Waals surface area contributed by atoms with Crippen LogP contribution >= 0.6 is 0 Å². The van der Waals surface area contributed by atoms with E-state index in [4.69, 9.17) is 0 Å². The fraction of sp³-hybridized carbons (Fsp3) is 0.0968. The van der Waals surface area contributed by atoms with E-state index in [9.17, 15) is 22.0 Å². The fourth-order valence-corrected chi connectivity index (χ4v) is 3.69. The van der Waals surface area contributed by atoms with Gasteiger partial charge in [-0.3, -0.25) is 0 Å². The van der Waals surface area contributed by atoms with Gasteiger partial charge in [0.2, 0.25) is 0 Å². The first-order valence-electron chi connectivity index (χ1n) is 11.2. The first-order chi connectivity index (χ1) is 17.7. The molecule has 0 N–H and O–H groups in total. The molecule has 184 valence electrons. The van der Waals surface area contributed by atoms with Crippen LogP contribution in [0.3, 0.4) is 0 Å². The number of fused-ring (bicyclic) bond motifs is 1. The first-order valence-corrected chi connectivity index (χ1v) is 11.2. The second kappa shape index (κ2) is 10.7. The third-order valence-corrected chi connectivity index (χ3v) is 5.56. The lowest BCUT2D eigenvalue weighted by molar-refractivity contribution is -0.142. The molecule has 0 aliphatic heterocycles. The summed E-state index contributed by atoms with van der Waals surface area (Å²) in [5.41, 5.74) is 0.312. The monoisotopic (exact) mass is 504 g/mol. The van der Waals surface area contributed by atoms with Crippen molar-refractivity contribution >= 4 is 10.8 Å². The normalized spacial score (nSPS) is 10.9. The summed E-state index contributed by atoms with van der Waals surface area (Å²) < 4.78 is 80.8. The molecule has 6 heteroatoms. The number of hydrogen-bond acceptors (Lipinski definition) is 0. The molecule has 0 fully saturated rings. The van der Waals surface area contributed by atoms with E-state index in [2.05, 4.69) is 30.3 Å². The van der Waals surface area contributed by atoms with Gasteiger partial charge in [0.25, 0.3) is 0 Å². The molecule has 4 rings (SSSR count). The van der Waals surface area contributed by atoms with E-state index in [1.54, 1.807) is 24.3 Å². The van der Waals surface area contributed by atoms with Crippen LogP contribution in [0.15, 0.2) is 79.4 Å². The summed E-state index contributed by atoms with van der Waals surface area (Å²) in [6.45, 7) is 3.72. The average molecular weight is 504 g/mol. The Morgan fingerprint density at radius 2 is 1.32 bits per heavy atom. The van der Waals surface area contributed by atoms with Crippen molar-refractivity contribution < 1.29 is 26.3 Å². The van der Waals surface area contributed by atoms with Crippen molar-refractivity contribution in [3.8, 4) is 23.7 Å². The third-order valence-electron chi connectivity index (χ3n) is 5.56. The molecule has 4 aromatic rings. The maximum Gasteiger partial charge on any atom is 0.422 e. The SMILES string of the molecule is C=CCCc1ccc(C#Cc2ccc3c(F)c(C#Cc4cc(F)c(C(F)(F)F)c(F)c4)ccc3c2)cc1. The largest absolute Gasteiger partial charge is 0.422 e. The summed E-state index contributed by atoms with van der Waals surface area (Å²) in [6.07, 6.45) is -1.49. The number of allylic oxidation sites excluding steroid dienone is 1. The van der Waals surface area contributed by atoms with Gasteiger partial charge in [-0.15, -0.1) is 6.58 Å². The van der Waals surface area contributed by atoms with Crippen molar-refractivity contribution in [3.63, 3.8) is 0 Å². The quantitative estimate of drug-likeness (QED) is 0.150. The van der Waals surface area contributed by atoms with Crippen LogP contribution in [-0.2, 0) is 12.6 Å². The van der Waals surface area contributed by atoms with E-state index in [0.29, 0.717) is 23.1 Å². The van der Waals surface area contributed by atoms with Crippen LogP contribution in [0.5, 0.6) is 0 Å². The van der Waals surface area contributed by atoms with E-state index in [1.165, 1.54) is 11.6 Å². The Balaban J connectivity index is 1.57. The number of halogens is 6. The summed E-state index contributed by atoms with van der Waals surface area (Å²) in [6, 6.07) is 16.8. The fourth-order valence-electron chi connectivity index (χ4n) is 3.69. The second-order valence-electron chi connectivity index (χ2n) is 8.20. The smallest absolute Gasteiger partial charge is 0.206 e. The summed E-state index contributed by atoms with van der Waals surface area (Å²) in [5, 5.41) is 0.829. The Hall–Kier alpha value is -4.42. The van der Waals surface area contributed by atoms with Gasteiger partial charge in [-0.05, 0) is 66.3 Å². The Bertz CT molecular complexity index is 1580. The molecule has 0 bridgehead atoms. The minimum absolute atomic E-state index is 0.0661. The van der Waals surface area contributed by atoms with Gasteiger partial charge in [-0.1, -0.05) is 54.0 Å². The highest BCUT2D eigenvalue weighted by Gasteiger charge is 2.37. The molecular formula is C31H18F6. The molecule has 37 heavy (non-hydrogen) atoms. The van der Waals surface area contributed by atoms with Gasteiger partial charge < -0.3 is 0 Å². The number of hydrogen-bond donors (Lipinski definition) is 0. The highest BCUT2D eigenvalue weighted by atomic mass is 19.4. The Morgan fingerprint density at radius 1 is 0.703 bits per heavy atom. The molecule has 0 amide bonds. The zero-order valence-electron chi connectivity index (χ0n) is 19.3. The second-order valence-corrected chi connectivity index (χ2v) is 8.20. The minimum atomic E-state index is -5.18. The van der Waals surface area contributed by atoms with E-state index < -0.39 is 29.2 Å². The van der Waals surface area contributed by atoms with Crippen molar-refractivity contribution in [3.05, 3.63) is 130 Å². The van der Waals surface area contributed by atoms with Crippen LogP contribution in [0.2, 0.25) is 0 Å². The van der Waals surface area contributed by atoms with Gasteiger partial charge in [0, 0.05) is 22.1 Å². The number of aryl methyl sites for hydroxylation is 1. The summed E-state index contributed by atoms with van der Waals surface area (Å²) in [7, 11) is 0. The molecular weight excluding hydrogens is 486 g/mol. The van der Waals surface area contributed by atoms with Gasteiger partial charge in [0.1, 0.15) is 23.0 Å². The van der Waals surface area contributed by atoms with Crippen LogP contribution < -0.4 is 0 Å². The molecule has 0 nitrogen and oxygen atoms in total. The molecule has 0 atom stereocenters. The van der Waals surface area contributed by atoms with Crippen molar-refractivity contribution in [2.75, 3.05) is 0 Å². The zero-order valence-corrected chi connectivity index (χ0v) is 19.3. The van der Waals surface area contributed by atoms with E-state index in [-0.39, 0.29) is 16.5 Å². The molecule has 0 heterocycles. The topological polar surface area (TPSA) is 0 Å². The van der Waals surface area contributed by atoms with Crippen LogP contribution in [0, 0.1) is 41.1 Å². The van der Waals surface area contributed by atoms with Gasteiger partial charge in [-0.2, -0.15) is 13.2 Å². The third kappa shape index (κ3) is 6.05. The molecule has 0 radical (unpaired) electrons. The number of benzene rings is 4. The van der Waals surface area contributed by atoms with E-state index in [1.807, 2.05) is 30.3 Å². The van der Waals surface area contributed by atoms with Crippen LogP contribution in [-0.4, -0.2) is 0 Å².